The van der Waals surface area contributed by atoms with Gasteiger partial charge in [-0.25, -0.2) is 19.3 Å². The normalized spacial score (nSPS) is 15.9. The fourth-order valence-electron chi connectivity index (χ4n) is 4.47. The lowest BCUT2D eigenvalue weighted by Gasteiger charge is -2.32. The van der Waals surface area contributed by atoms with E-state index in [0.717, 1.165) is 66.5 Å². The molecule has 0 radical (unpaired) electrons. The predicted molar refractivity (Wildman–Crippen MR) is 112 cm³/mol. The summed E-state index contributed by atoms with van der Waals surface area (Å²) >= 11 is 0. The van der Waals surface area contributed by atoms with Gasteiger partial charge in [-0.3, -0.25) is 4.98 Å². The number of nitrogens with zero attached hydrogens (tertiary/aromatic N) is 7. The summed E-state index contributed by atoms with van der Waals surface area (Å²) in [5, 5.41) is 0.739. The summed E-state index contributed by atoms with van der Waals surface area (Å²) in [5.41, 5.74) is 4.09. The maximum absolute atomic E-state index is 13.9. The topological polar surface area (TPSA) is 63.0 Å². The zero-order valence-electron chi connectivity index (χ0n) is 16.4. The highest BCUT2D eigenvalue weighted by Gasteiger charge is 2.24. The van der Waals surface area contributed by atoms with Gasteiger partial charge in [-0.2, -0.15) is 0 Å². The van der Waals surface area contributed by atoms with E-state index in [0.29, 0.717) is 6.54 Å². The van der Waals surface area contributed by atoms with Crippen LogP contribution in [0.25, 0.3) is 10.9 Å². The van der Waals surface area contributed by atoms with Gasteiger partial charge >= 0.3 is 0 Å². The molecule has 5 heterocycles. The quantitative estimate of drug-likeness (QED) is 0.513. The van der Waals surface area contributed by atoms with E-state index in [-0.39, 0.29) is 5.82 Å². The van der Waals surface area contributed by atoms with Crippen molar-refractivity contribution >= 4 is 28.4 Å². The Morgan fingerprint density at radius 2 is 1.93 bits per heavy atom. The number of aryl methyl sites for hydroxylation is 1. The van der Waals surface area contributed by atoms with Crippen LogP contribution < -0.4 is 9.80 Å². The standard InChI is InChI=1S/C22H20FN7/c23-16-2-3-20-18(11-16)21(27-14-26-20)29-8-4-19-15(13-29)10-17(12-25-19)30-7-1-6-28-9-5-24-22(28)30/h2-3,5,9-12,14H,1,4,6-8,13H2. The van der Waals surface area contributed by atoms with Gasteiger partial charge in [0, 0.05) is 56.1 Å². The lowest BCUT2D eigenvalue weighted by Crippen LogP contribution is -2.33. The van der Waals surface area contributed by atoms with E-state index in [2.05, 4.69) is 35.4 Å². The van der Waals surface area contributed by atoms with Crippen molar-refractivity contribution in [2.45, 2.75) is 25.9 Å². The first-order valence-electron chi connectivity index (χ1n) is 10.2. The highest BCUT2D eigenvalue weighted by molar-refractivity contribution is 5.89. The molecule has 7 nitrogen and oxygen atoms in total. The van der Waals surface area contributed by atoms with Crippen molar-refractivity contribution in [3.63, 3.8) is 0 Å². The van der Waals surface area contributed by atoms with Gasteiger partial charge in [-0.1, -0.05) is 0 Å². The molecule has 30 heavy (non-hydrogen) atoms. The Hall–Kier alpha value is -3.55. The summed E-state index contributed by atoms with van der Waals surface area (Å²) in [7, 11) is 0. The van der Waals surface area contributed by atoms with Crippen LogP contribution in [0.4, 0.5) is 21.8 Å². The number of anilines is 3. The third-order valence-electron chi connectivity index (χ3n) is 5.93. The van der Waals surface area contributed by atoms with E-state index in [9.17, 15) is 4.39 Å². The van der Waals surface area contributed by atoms with Crippen LogP contribution >= 0.6 is 0 Å². The van der Waals surface area contributed by atoms with Crippen LogP contribution in [-0.4, -0.2) is 37.6 Å². The van der Waals surface area contributed by atoms with E-state index in [1.807, 2.05) is 18.6 Å². The van der Waals surface area contributed by atoms with E-state index in [1.165, 1.54) is 17.7 Å². The van der Waals surface area contributed by atoms with E-state index in [4.69, 9.17) is 4.98 Å². The smallest absolute Gasteiger partial charge is 0.210 e. The molecule has 8 heteroatoms. The molecular weight excluding hydrogens is 381 g/mol. The molecule has 0 fully saturated rings. The molecule has 0 unspecified atom stereocenters. The van der Waals surface area contributed by atoms with Gasteiger partial charge in [-0.05, 0) is 36.2 Å². The number of benzene rings is 1. The van der Waals surface area contributed by atoms with Crippen molar-refractivity contribution < 1.29 is 4.39 Å². The summed E-state index contributed by atoms with van der Waals surface area (Å²) in [4.78, 5) is 22.5. The van der Waals surface area contributed by atoms with E-state index in [1.54, 1.807) is 12.4 Å². The second-order valence-electron chi connectivity index (χ2n) is 7.76. The number of fused-ring (bicyclic) bond motifs is 3. The summed E-state index contributed by atoms with van der Waals surface area (Å²) < 4.78 is 16.1. The Labute approximate surface area is 172 Å². The number of aromatic nitrogens is 5. The Bertz CT molecular complexity index is 1250. The predicted octanol–water partition coefficient (Wildman–Crippen LogP) is 3.46. The molecule has 0 spiro atoms. The first-order chi connectivity index (χ1) is 14.8. The first-order valence-corrected chi connectivity index (χ1v) is 10.2. The van der Waals surface area contributed by atoms with Gasteiger partial charge in [0.1, 0.15) is 18.0 Å². The fraction of sp³-hybridized carbons (Fsp3) is 0.273. The molecule has 1 aromatic carbocycles. The first kappa shape index (κ1) is 17.3. The Morgan fingerprint density at radius 1 is 0.967 bits per heavy atom. The van der Waals surface area contributed by atoms with E-state index < -0.39 is 0 Å². The van der Waals surface area contributed by atoms with Crippen LogP contribution in [0.2, 0.25) is 0 Å². The molecule has 2 aliphatic heterocycles. The number of hydrogen-bond acceptors (Lipinski definition) is 6. The van der Waals surface area contributed by atoms with E-state index >= 15 is 0 Å². The van der Waals surface area contributed by atoms with Gasteiger partial charge in [0.05, 0.1) is 17.4 Å². The third-order valence-corrected chi connectivity index (χ3v) is 5.93. The molecule has 0 atom stereocenters. The van der Waals surface area contributed by atoms with Gasteiger partial charge in [-0.15, -0.1) is 0 Å². The third kappa shape index (κ3) is 2.79. The molecule has 0 saturated heterocycles. The molecule has 150 valence electrons. The number of halogens is 1. The molecule has 2 aliphatic rings. The summed E-state index contributed by atoms with van der Waals surface area (Å²) in [6, 6.07) is 6.86. The van der Waals surface area contributed by atoms with Crippen LogP contribution in [0, 0.1) is 5.82 Å². The van der Waals surface area contributed by atoms with Gasteiger partial charge in [0.15, 0.2) is 0 Å². The lowest BCUT2D eigenvalue weighted by atomic mass is 10.0. The van der Waals surface area contributed by atoms with Crippen molar-refractivity contribution in [3.8, 4) is 0 Å². The molecule has 3 aromatic heterocycles. The second-order valence-corrected chi connectivity index (χ2v) is 7.76. The number of hydrogen-bond donors (Lipinski definition) is 0. The largest absolute Gasteiger partial charge is 0.351 e. The van der Waals surface area contributed by atoms with Gasteiger partial charge in [0.25, 0.3) is 0 Å². The highest BCUT2D eigenvalue weighted by atomic mass is 19.1. The van der Waals surface area contributed by atoms with Crippen LogP contribution in [0.15, 0.2) is 49.2 Å². The number of rotatable bonds is 2. The maximum Gasteiger partial charge on any atom is 0.210 e. The van der Waals surface area contributed by atoms with Crippen LogP contribution in [0.5, 0.6) is 0 Å². The number of pyridine rings is 1. The highest BCUT2D eigenvalue weighted by Crippen LogP contribution is 2.32. The van der Waals surface area contributed by atoms with Crippen molar-refractivity contribution in [1.29, 1.82) is 0 Å². The minimum Gasteiger partial charge on any atom is -0.351 e. The molecule has 0 saturated carbocycles. The molecular formula is C22H20FN7. The number of imidazole rings is 1. The minimum atomic E-state index is -0.277. The zero-order chi connectivity index (χ0) is 20.1. The molecule has 0 aliphatic carbocycles. The minimum absolute atomic E-state index is 0.277. The molecule has 0 amide bonds. The molecule has 0 bridgehead atoms. The Balaban J connectivity index is 1.36. The summed E-state index contributed by atoms with van der Waals surface area (Å²) in [6.07, 6.45) is 9.27. The van der Waals surface area contributed by atoms with Crippen LogP contribution in [-0.2, 0) is 19.5 Å². The fourth-order valence-corrected chi connectivity index (χ4v) is 4.47. The van der Waals surface area contributed by atoms with Gasteiger partial charge < -0.3 is 14.4 Å². The lowest BCUT2D eigenvalue weighted by molar-refractivity contribution is 0.590. The molecule has 6 rings (SSSR count). The second kappa shape index (κ2) is 6.76. The summed E-state index contributed by atoms with van der Waals surface area (Å²) in [6.45, 7) is 3.39. The maximum atomic E-state index is 13.9. The Kier molecular flexibility index (Phi) is 3.90. The SMILES string of the molecule is Fc1ccc2ncnc(N3CCc4ncc(N5CCCn6ccnc65)cc4C3)c2c1. The van der Waals surface area contributed by atoms with Crippen molar-refractivity contribution in [2.75, 3.05) is 22.9 Å². The van der Waals surface area contributed by atoms with Crippen molar-refractivity contribution in [1.82, 2.24) is 24.5 Å². The summed E-state index contributed by atoms with van der Waals surface area (Å²) in [5.74, 6) is 1.46. The van der Waals surface area contributed by atoms with Crippen LogP contribution in [0.3, 0.4) is 0 Å². The van der Waals surface area contributed by atoms with Crippen LogP contribution in [0.1, 0.15) is 17.7 Å². The van der Waals surface area contributed by atoms with Gasteiger partial charge in [0.2, 0.25) is 5.95 Å². The van der Waals surface area contributed by atoms with Crippen molar-refractivity contribution in [3.05, 3.63) is 66.3 Å². The zero-order valence-corrected chi connectivity index (χ0v) is 16.4. The average molecular weight is 401 g/mol. The average Bonchev–Trinajstić information content (AvgIpc) is 3.27. The van der Waals surface area contributed by atoms with Crippen molar-refractivity contribution in [2.24, 2.45) is 0 Å². The molecule has 4 aromatic rings. The molecule has 0 N–H and O–H groups in total. The monoisotopic (exact) mass is 401 g/mol. The Morgan fingerprint density at radius 3 is 2.90 bits per heavy atom.